The summed E-state index contributed by atoms with van der Waals surface area (Å²) in [7, 11) is 5.62. The van der Waals surface area contributed by atoms with Gasteiger partial charge < -0.3 is 9.64 Å². The number of carbonyl (C=O) groups excluding carboxylic acids is 1. The van der Waals surface area contributed by atoms with Gasteiger partial charge >= 0.3 is 5.97 Å². The molecule has 0 N–H and O–H groups in total. The van der Waals surface area contributed by atoms with E-state index in [-0.39, 0.29) is 5.97 Å². The molecule has 0 atom stereocenters. The fourth-order valence-electron chi connectivity index (χ4n) is 5.43. The monoisotopic (exact) mass is 291 g/mol. The molecule has 4 fully saturated rings. The first kappa shape index (κ1) is 15.1. The standard InChI is InChI=1S/C18H29NO2/c1-19(2)5-4-16(17(20)21-3)12-18-9-13-6-14(10-18)8-15(7-13)11-18/h12-15H,4-11H2,1-3H3. The number of hydrogen-bond donors (Lipinski definition) is 0. The Bertz CT molecular complexity index is 403. The predicted molar refractivity (Wildman–Crippen MR) is 83.9 cm³/mol. The van der Waals surface area contributed by atoms with Crippen LogP contribution in [0.5, 0.6) is 0 Å². The molecule has 0 amide bonds. The third-order valence-electron chi connectivity index (χ3n) is 5.84. The molecule has 4 aliphatic rings. The van der Waals surface area contributed by atoms with Crippen molar-refractivity contribution in [3.05, 3.63) is 11.6 Å². The Labute approximate surface area is 128 Å². The third kappa shape index (κ3) is 3.18. The Morgan fingerprint density at radius 3 is 2.10 bits per heavy atom. The molecule has 0 aromatic carbocycles. The second-order valence-electron chi connectivity index (χ2n) is 7.99. The van der Waals surface area contributed by atoms with Crippen LogP contribution in [0.3, 0.4) is 0 Å². The minimum Gasteiger partial charge on any atom is -0.466 e. The number of esters is 1. The Hall–Kier alpha value is -0.830. The van der Waals surface area contributed by atoms with Crippen molar-refractivity contribution in [1.82, 2.24) is 4.90 Å². The van der Waals surface area contributed by atoms with E-state index in [0.29, 0.717) is 5.41 Å². The van der Waals surface area contributed by atoms with Crippen LogP contribution in [-0.2, 0) is 9.53 Å². The number of methoxy groups -OCH3 is 1. The van der Waals surface area contributed by atoms with Gasteiger partial charge in [0.25, 0.3) is 0 Å². The highest BCUT2D eigenvalue weighted by atomic mass is 16.5. The molecule has 4 saturated carbocycles. The van der Waals surface area contributed by atoms with Gasteiger partial charge in [0.2, 0.25) is 0 Å². The summed E-state index contributed by atoms with van der Waals surface area (Å²) >= 11 is 0. The van der Waals surface area contributed by atoms with Crippen molar-refractivity contribution in [1.29, 1.82) is 0 Å². The average molecular weight is 291 g/mol. The maximum atomic E-state index is 12.1. The maximum Gasteiger partial charge on any atom is 0.333 e. The van der Waals surface area contributed by atoms with Gasteiger partial charge in [-0.05, 0) is 82.2 Å². The molecule has 21 heavy (non-hydrogen) atoms. The van der Waals surface area contributed by atoms with Crippen LogP contribution in [0, 0.1) is 23.2 Å². The summed E-state index contributed by atoms with van der Waals surface area (Å²) in [6, 6.07) is 0. The quantitative estimate of drug-likeness (QED) is 0.575. The first-order chi connectivity index (χ1) is 9.99. The Morgan fingerprint density at radius 1 is 1.14 bits per heavy atom. The van der Waals surface area contributed by atoms with Gasteiger partial charge in [0.05, 0.1) is 7.11 Å². The highest BCUT2D eigenvalue weighted by Crippen LogP contribution is 2.60. The second-order valence-corrected chi connectivity index (χ2v) is 7.99. The molecule has 4 rings (SSSR count). The van der Waals surface area contributed by atoms with E-state index < -0.39 is 0 Å². The minimum absolute atomic E-state index is 0.118. The first-order valence-corrected chi connectivity index (χ1v) is 8.44. The van der Waals surface area contributed by atoms with Crippen LogP contribution in [0.2, 0.25) is 0 Å². The largest absolute Gasteiger partial charge is 0.466 e. The lowest BCUT2D eigenvalue weighted by Gasteiger charge is -2.56. The van der Waals surface area contributed by atoms with Crippen molar-refractivity contribution in [2.75, 3.05) is 27.7 Å². The van der Waals surface area contributed by atoms with Gasteiger partial charge in [0.15, 0.2) is 0 Å². The average Bonchev–Trinajstić information content (AvgIpc) is 2.40. The fourth-order valence-corrected chi connectivity index (χ4v) is 5.43. The summed E-state index contributed by atoms with van der Waals surface area (Å²) in [5.74, 6) is 2.63. The molecule has 118 valence electrons. The molecule has 0 spiro atoms. The molecule has 0 radical (unpaired) electrons. The molecule has 0 aliphatic heterocycles. The highest BCUT2D eigenvalue weighted by Gasteiger charge is 2.50. The van der Waals surface area contributed by atoms with E-state index in [1.165, 1.54) is 45.6 Å². The first-order valence-electron chi connectivity index (χ1n) is 8.44. The van der Waals surface area contributed by atoms with Gasteiger partial charge in [-0.15, -0.1) is 0 Å². The number of rotatable bonds is 5. The van der Waals surface area contributed by atoms with Gasteiger partial charge in [-0.3, -0.25) is 0 Å². The zero-order valence-electron chi connectivity index (χ0n) is 13.7. The van der Waals surface area contributed by atoms with Gasteiger partial charge in [-0.1, -0.05) is 6.08 Å². The number of ether oxygens (including phenoxy) is 1. The summed E-state index contributed by atoms with van der Waals surface area (Å²) in [6.45, 7) is 0.910. The zero-order chi connectivity index (χ0) is 15.0. The molecule has 0 saturated heterocycles. The number of hydrogen-bond acceptors (Lipinski definition) is 3. The van der Waals surface area contributed by atoms with E-state index >= 15 is 0 Å². The Kier molecular flexibility index (Phi) is 4.13. The van der Waals surface area contributed by atoms with Gasteiger partial charge in [-0.2, -0.15) is 0 Å². The van der Waals surface area contributed by atoms with E-state index in [1.54, 1.807) is 0 Å². The zero-order valence-corrected chi connectivity index (χ0v) is 13.7. The Balaban J connectivity index is 1.80. The summed E-state index contributed by atoms with van der Waals surface area (Å²) in [5, 5.41) is 0. The lowest BCUT2D eigenvalue weighted by molar-refractivity contribution is -0.136. The summed E-state index contributed by atoms with van der Waals surface area (Å²) in [6.07, 6.45) is 11.4. The number of nitrogens with zero attached hydrogens (tertiary/aromatic N) is 1. The van der Waals surface area contributed by atoms with Crippen LogP contribution >= 0.6 is 0 Å². The molecule has 0 aromatic rings. The fraction of sp³-hybridized carbons (Fsp3) is 0.833. The van der Waals surface area contributed by atoms with Crippen molar-refractivity contribution in [2.24, 2.45) is 23.2 Å². The summed E-state index contributed by atoms with van der Waals surface area (Å²) in [5.41, 5.74) is 1.22. The normalized spacial score (nSPS) is 38.1. The molecule has 3 heteroatoms. The van der Waals surface area contributed by atoms with Crippen LogP contribution in [0.4, 0.5) is 0 Å². The van der Waals surface area contributed by atoms with Crippen molar-refractivity contribution in [3.63, 3.8) is 0 Å². The van der Waals surface area contributed by atoms with Gasteiger partial charge in [-0.25, -0.2) is 4.79 Å². The van der Waals surface area contributed by atoms with Crippen molar-refractivity contribution >= 4 is 5.97 Å². The van der Waals surface area contributed by atoms with E-state index in [0.717, 1.165) is 36.3 Å². The molecule has 0 heterocycles. The molecular formula is C18H29NO2. The third-order valence-corrected chi connectivity index (χ3v) is 5.84. The molecule has 0 aromatic heterocycles. The summed E-state index contributed by atoms with van der Waals surface area (Å²) < 4.78 is 5.03. The second kappa shape index (κ2) is 5.75. The predicted octanol–water partition coefficient (Wildman–Crippen LogP) is 3.25. The maximum absolute atomic E-state index is 12.1. The Morgan fingerprint density at radius 2 is 1.67 bits per heavy atom. The lowest BCUT2D eigenvalue weighted by atomic mass is 9.49. The smallest absolute Gasteiger partial charge is 0.333 e. The highest BCUT2D eigenvalue weighted by molar-refractivity contribution is 5.88. The summed E-state index contributed by atoms with van der Waals surface area (Å²) in [4.78, 5) is 14.3. The molecular weight excluding hydrogens is 262 g/mol. The van der Waals surface area contributed by atoms with Crippen LogP contribution in [0.1, 0.15) is 44.9 Å². The van der Waals surface area contributed by atoms with Crippen molar-refractivity contribution in [2.45, 2.75) is 44.9 Å². The SMILES string of the molecule is COC(=O)C(=CC12CC3CC(CC(C3)C1)C2)CCN(C)C. The number of allylic oxidation sites excluding steroid dienone is 1. The minimum atomic E-state index is -0.118. The molecule has 0 unspecified atom stereocenters. The van der Waals surface area contributed by atoms with Gasteiger partial charge in [0.1, 0.15) is 0 Å². The van der Waals surface area contributed by atoms with Gasteiger partial charge in [0, 0.05) is 12.1 Å². The van der Waals surface area contributed by atoms with Crippen molar-refractivity contribution < 1.29 is 9.53 Å². The van der Waals surface area contributed by atoms with Crippen LogP contribution in [-0.4, -0.2) is 38.6 Å². The molecule has 3 nitrogen and oxygen atoms in total. The molecule has 4 aliphatic carbocycles. The van der Waals surface area contributed by atoms with E-state index in [1.807, 2.05) is 0 Å². The number of carbonyl (C=O) groups is 1. The topological polar surface area (TPSA) is 29.5 Å². The van der Waals surface area contributed by atoms with Crippen LogP contribution < -0.4 is 0 Å². The van der Waals surface area contributed by atoms with Crippen LogP contribution in [0.25, 0.3) is 0 Å². The lowest BCUT2D eigenvalue weighted by Crippen LogP contribution is -2.45. The van der Waals surface area contributed by atoms with Crippen LogP contribution in [0.15, 0.2) is 11.6 Å². The van der Waals surface area contributed by atoms with E-state index in [4.69, 9.17) is 4.74 Å². The van der Waals surface area contributed by atoms with Crippen molar-refractivity contribution in [3.8, 4) is 0 Å². The molecule has 4 bridgehead atoms. The van der Waals surface area contributed by atoms with E-state index in [9.17, 15) is 4.79 Å². The van der Waals surface area contributed by atoms with E-state index in [2.05, 4.69) is 25.1 Å².